The SMILES string of the molecule is Cc1c(NC[C@@H]2[C@H](O[Si](C)(C)C(C)(C)C)CCCN2C(=O)OC(C)(C)C)ccc(C#N)c1Cl. The smallest absolute Gasteiger partial charge is 0.410 e. The van der Waals surface area contributed by atoms with E-state index in [-0.39, 0.29) is 23.3 Å². The van der Waals surface area contributed by atoms with Gasteiger partial charge >= 0.3 is 6.09 Å². The third-order valence-electron chi connectivity index (χ3n) is 6.61. The lowest BCUT2D eigenvalue weighted by molar-refractivity contribution is -0.0161. The molecule has 1 saturated heterocycles. The summed E-state index contributed by atoms with van der Waals surface area (Å²) in [5.74, 6) is 0. The monoisotopic (exact) mass is 493 g/mol. The molecule has 6 nitrogen and oxygen atoms in total. The van der Waals surface area contributed by atoms with Crippen LogP contribution in [0.2, 0.25) is 23.2 Å². The molecule has 0 spiro atoms. The number of ether oxygens (including phenoxy) is 1. The van der Waals surface area contributed by atoms with Gasteiger partial charge in [0.2, 0.25) is 0 Å². The lowest BCUT2D eigenvalue weighted by Gasteiger charge is -2.46. The summed E-state index contributed by atoms with van der Waals surface area (Å²) in [5.41, 5.74) is 1.54. The number of carbonyl (C=O) groups excluding carboxylic acids is 1. The summed E-state index contributed by atoms with van der Waals surface area (Å²) < 4.78 is 12.6. The minimum absolute atomic E-state index is 0.0659. The number of carbonyl (C=O) groups is 1. The number of nitriles is 1. The molecule has 0 bridgehead atoms. The molecule has 1 aromatic rings. The van der Waals surface area contributed by atoms with Crippen molar-refractivity contribution in [2.75, 3.05) is 18.4 Å². The first-order valence-electron chi connectivity index (χ1n) is 11.7. The van der Waals surface area contributed by atoms with Crippen LogP contribution >= 0.6 is 11.6 Å². The van der Waals surface area contributed by atoms with Crippen molar-refractivity contribution in [3.8, 4) is 6.07 Å². The van der Waals surface area contributed by atoms with Gasteiger partial charge in [0.15, 0.2) is 8.32 Å². The zero-order chi connectivity index (χ0) is 25.2. The maximum atomic E-state index is 13.1. The van der Waals surface area contributed by atoms with E-state index < -0.39 is 13.9 Å². The second kappa shape index (κ2) is 10.2. The van der Waals surface area contributed by atoms with Crippen LogP contribution < -0.4 is 5.32 Å². The lowest BCUT2D eigenvalue weighted by Crippen LogP contribution is -2.59. The predicted molar refractivity (Wildman–Crippen MR) is 137 cm³/mol. The Hall–Kier alpha value is -1.75. The van der Waals surface area contributed by atoms with E-state index in [9.17, 15) is 10.1 Å². The number of halogens is 1. The molecule has 1 amide bonds. The minimum atomic E-state index is -2.05. The number of anilines is 1. The van der Waals surface area contributed by atoms with Gasteiger partial charge in [0.05, 0.1) is 22.7 Å². The number of hydrogen-bond donors (Lipinski definition) is 1. The summed E-state index contributed by atoms with van der Waals surface area (Å²) in [7, 11) is -2.05. The third-order valence-corrected chi connectivity index (χ3v) is 11.6. The Morgan fingerprint density at radius 2 is 1.91 bits per heavy atom. The molecule has 1 aliphatic heterocycles. The third kappa shape index (κ3) is 6.88. The van der Waals surface area contributed by atoms with Gasteiger partial charge in [0.1, 0.15) is 11.7 Å². The Morgan fingerprint density at radius 1 is 1.27 bits per heavy atom. The van der Waals surface area contributed by atoms with Crippen molar-refractivity contribution >= 4 is 31.7 Å². The van der Waals surface area contributed by atoms with Gasteiger partial charge in [-0.2, -0.15) is 5.26 Å². The topological polar surface area (TPSA) is 74.6 Å². The van der Waals surface area contributed by atoms with Gasteiger partial charge in [-0.05, 0) is 76.4 Å². The number of nitrogens with zero attached hydrogens (tertiary/aromatic N) is 2. The van der Waals surface area contributed by atoms with E-state index in [0.29, 0.717) is 23.7 Å². The largest absolute Gasteiger partial charge is 0.444 e. The van der Waals surface area contributed by atoms with Gasteiger partial charge < -0.3 is 19.4 Å². The molecule has 1 fully saturated rings. The van der Waals surface area contributed by atoms with Crippen molar-refractivity contribution in [2.45, 2.75) is 97.2 Å². The summed E-state index contributed by atoms with van der Waals surface area (Å²) in [4.78, 5) is 14.9. The first-order chi connectivity index (χ1) is 15.1. The van der Waals surface area contributed by atoms with E-state index >= 15 is 0 Å². The second-order valence-electron chi connectivity index (χ2n) is 11.4. The number of hydrogen-bond acceptors (Lipinski definition) is 5. The maximum absolute atomic E-state index is 13.1. The van der Waals surface area contributed by atoms with Gasteiger partial charge in [0.25, 0.3) is 0 Å². The highest BCUT2D eigenvalue weighted by Gasteiger charge is 2.44. The van der Waals surface area contributed by atoms with E-state index in [0.717, 1.165) is 24.1 Å². The van der Waals surface area contributed by atoms with Crippen LogP contribution in [0.3, 0.4) is 0 Å². The fraction of sp³-hybridized carbons (Fsp3) is 0.680. The Morgan fingerprint density at radius 3 is 2.45 bits per heavy atom. The zero-order valence-corrected chi connectivity index (χ0v) is 23.4. The second-order valence-corrected chi connectivity index (χ2v) is 16.5. The van der Waals surface area contributed by atoms with Gasteiger partial charge in [0, 0.05) is 18.8 Å². The van der Waals surface area contributed by atoms with Crippen molar-refractivity contribution in [3.05, 3.63) is 28.3 Å². The van der Waals surface area contributed by atoms with Crippen LogP contribution in [-0.4, -0.2) is 50.1 Å². The molecule has 2 atom stereocenters. The molecular weight excluding hydrogens is 454 g/mol. The normalized spacial score (nSPS) is 19.7. The number of amides is 1. The highest BCUT2D eigenvalue weighted by Crippen LogP contribution is 2.39. The number of rotatable bonds is 5. The van der Waals surface area contributed by atoms with Gasteiger partial charge in [-0.3, -0.25) is 0 Å². The highest BCUT2D eigenvalue weighted by molar-refractivity contribution is 6.74. The van der Waals surface area contributed by atoms with Crippen molar-refractivity contribution in [1.29, 1.82) is 5.26 Å². The van der Waals surface area contributed by atoms with Crippen LogP contribution in [0, 0.1) is 18.3 Å². The van der Waals surface area contributed by atoms with E-state index in [1.807, 2.05) is 38.7 Å². The Bertz CT molecular complexity index is 900. The molecule has 0 aliphatic carbocycles. The van der Waals surface area contributed by atoms with Gasteiger partial charge in [-0.25, -0.2) is 4.79 Å². The summed E-state index contributed by atoms with van der Waals surface area (Å²) in [6.45, 7) is 19.8. The zero-order valence-electron chi connectivity index (χ0n) is 21.6. The van der Waals surface area contributed by atoms with Crippen molar-refractivity contribution in [1.82, 2.24) is 4.90 Å². The molecular formula is C25H40ClN3O3Si. The lowest BCUT2D eigenvalue weighted by atomic mass is 9.99. The standard InChI is InChI=1S/C25H40ClN3O3Si/c1-17-19(13-12-18(15-27)22(17)26)28-16-20-21(32-33(8,9)25(5,6)7)11-10-14-29(20)23(30)31-24(2,3)4/h12-13,20-21,28H,10-11,14,16H2,1-9H3/t20-,21-/m1/s1. The highest BCUT2D eigenvalue weighted by atomic mass is 35.5. The Labute approximate surface area is 205 Å². The molecule has 0 saturated carbocycles. The fourth-order valence-corrected chi connectivity index (χ4v) is 5.27. The number of benzene rings is 1. The van der Waals surface area contributed by atoms with Crippen molar-refractivity contribution in [2.24, 2.45) is 0 Å². The average molecular weight is 494 g/mol. The van der Waals surface area contributed by atoms with E-state index in [1.165, 1.54) is 0 Å². The predicted octanol–water partition coefficient (Wildman–Crippen LogP) is 6.72. The summed E-state index contributed by atoms with van der Waals surface area (Å²) >= 11 is 6.37. The maximum Gasteiger partial charge on any atom is 0.410 e. The van der Waals surface area contributed by atoms with Crippen LogP contribution in [0.1, 0.15) is 65.5 Å². The van der Waals surface area contributed by atoms with Crippen LogP contribution in [0.25, 0.3) is 0 Å². The van der Waals surface area contributed by atoms with Gasteiger partial charge in [-0.15, -0.1) is 0 Å². The van der Waals surface area contributed by atoms with Crippen LogP contribution in [0.15, 0.2) is 12.1 Å². The molecule has 33 heavy (non-hydrogen) atoms. The van der Waals surface area contributed by atoms with Crippen LogP contribution in [0.4, 0.5) is 10.5 Å². The molecule has 8 heteroatoms. The van der Waals surface area contributed by atoms with E-state index in [1.54, 1.807) is 6.07 Å². The van der Waals surface area contributed by atoms with Crippen molar-refractivity contribution in [3.63, 3.8) is 0 Å². The number of likely N-dealkylation sites (tertiary alicyclic amines) is 1. The van der Waals surface area contributed by atoms with Crippen LogP contribution in [-0.2, 0) is 9.16 Å². The molecule has 0 unspecified atom stereocenters. The van der Waals surface area contributed by atoms with Crippen LogP contribution in [0.5, 0.6) is 0 Å². The summed E-state index contributed by atoms with van der Waals surface area (Å²) in [6.07, 6.45) is 1.36. The molecule has 1 heterocycles. The number of nitrogens with one attached hydrogen (secondary N) is 1. The first-order valence-corrected chi connectivity index (χ1v) is 15.0. The minimum Gasteiger partial charge on any atom is -0.444 e. The Balaban J connectivity index is 2.33. The molecule has 0 radical (unpaired) electrons. The molecule has 184 valence electrons. The molecule has 1 aromatic carbocycles. The Kier molecular flexibility index (Phi) is 8.54. The number of piperidine rings is 1. The summed E-state index contributed by atoms with van der Waals surface area (Å²) in [6, 6.07) is 5.51. The van der Waals surface area contributed by atoms with E-state index in [2.05, 4.69) is 45.3 Å². The molecule has 2 rings (SSSR count). The van der Waals surface area contributed by atoms with Crippen molar-refractivity contribution < 1.29 is 14.0 Å². The molecule has 1 aliphatic rings. The fourth-order valence-electron chi connectivity index (χ4n) is 3.68. The average Bonchev–Trinajstić information content (AvgIpc) is 2.67. The van der Waals surface area contributed by atoms with E-state index in [4.69, 9.17) is 20.8 Å². The summed E-state index contributed by atoms with van der Waals surface area (Å²) in [5, 5.41) is 13.2. The quantitative estimate of drug-likeness (QED) is 0.460. The molecule has 0 aromatic heterocycles. The first kappa shape index (κ1) is 27.5. The van der Waals surface area contributed by atoms with Gasteiger partial charge in [-0.1, -0.05) is 32.4 Å². The molecule has 1 N–H and O–H groups in total.